The number of amides is 1. The van der Waals surface area contributed by atoms with Gasteiger partial charge in [-0.15, -0.1) is 0 Å². The number of ether oxygens (including phenoxy) is 1. The standard InChI is InChI=1S/C21H32N2O2/c24-21(10-9-17-11-13-22-14-12-17)23-19-6-4-5-18(15-19)16-25-20-7-2-1-3-8-20/h4-6,15,17,20,22H,1-3,7-14,16H2,(H,23,24). The maximum absolute atomic E-state index is 12.2. The Balaban J connectivity index is 1.41. The molecule has 1 aromatic rings. The Morgan fingerprint density at radius 3 is 2.72 bits per heavy atom. The molecule has 3 rings (SSSR count). The van der Waals surface area contributed by atoms with E-state index in [9.17, 15) is 4.79 Å². The lowest BCUT2D eigenvalue weighted by atomic mass is 9.93. The second-order valence-electron chi connectivity index (χ2n) is 7.55. The molecule has 0 atom stereocenters. The zero-order chi connectivity index (χ0) is 17.3. The van der Waals surface area contributed by atoms with Crippen molar-refractivity contribution in [2.24, 2.45) is 5.92 Å². The van der Waals surface area contributed by atoms with E-state index in [0.29, 0.717) is 25.0 Å². The second kappa shape index (κ2) is 9.93. The van der Waals surface area contributed by atoms with E-state index in [-0.39, 0.29) is 5.91 Å². The van der Waals surface area contributed by atoms with E-state index in [4.69, 9.17) is 4.74 Å². The van der Waals surface area contributed by atoms with Crippen LogP contribution in [0, 0.1) is 5.92 Å². The molecule has 2 aliphatic rings. The summed E-state index contributed by atoms with van der Waals surface area (Å²) in [5.41, 5.74) is 2.03. The molecule has 1 aromatic carbocycles. The summed E-state index contributed by atoms with van der Waals surface area (Å²) in [6.45, 7) is 2.83. The van der Waals surface area contributed by atoms with E-state index in [1.165, 1.54) is 44.9 Å². The molecule has 2 fully saturated rings. The largest absolute Gasteiger partial charge is 0.374 e. The van der Waals surface area contributed by atoms with Crippen molar-refractivity contribution >= 4 is 11.6 Å². The number of benzene rings is 1. The third-order valence-corrected chi connectivity index (χ3v) is 5.49. The van der Waals surface area contributed by atoms with Crippen molar-refractivity contribution in [3.05, 3.63) is 29.8 Å². The van der Waals surface area contributed by atoms with Crippen LogP contribution >= 0.6 is 0 Å². The normalized spacial score (nSPS) is 19.7. The molecule has 0 radical (unpaired) electrons. The molecule has 4 nitrogen and oxygen atoms in total. The average Bonchev–Trinajstić information content (AvgIpc) is 2.67. The van der Waals surface area contributed by atoms with Gasteiger partial charge in [0.2, 0.25) is 5.91 Å². The van der Waals surface area contributed by atoms with Crippen molar-refractivity contribution in [2.75, 3.05) is 18.4 Å². The van der Waals surface area contributed by atoms with Crippen LogP contribution in [0.3, 0.4) is 0 Å². The Morgan fingerprint density at radius 1 is 1.12 bits per heavy atom. The Morgan fingerprint density at radius 2 is 1.92 bits per heavy atom. The Labute approximate surface area is 151 Å². The predicted octanol–water partition coefficient (Wildman–Crippen LogP) is 4.25. The topological polar surface area (TPSA) is 50.4 Å². The fraction of sp³-hybridized carbons (Fsp3) is 0.667. The molecule has 2 N–H and O–H groups in total. The molecule has 1 aliphatic heterocycles. The van der Waals surface area contributed by atoms with Crippen LogP contribution in [0.25, 0.3) is 0 Å². The molecule has 1 aliphatic carbocycles. The van der Waals surface area contributed by atoms with Crippen LogP contribution < -0.4 is 10.6 Å². The number of piperidine rings is 1. The maximum atomic E-state index is 12.2. The summed E-state index contributed by atoms with van der Waals surface area (Å²) < 4.78 is 6.04. The number of rotatable bonds is 7. The molecule has 138 valence electrons. The first-order valence-corrected chi connectivity index (χ1v) is 10.0. The van der Waals surface area contributed by atoms with Gasteiger partial charge in [0, 0.05) is 12.1 Å². The van der Waals surface area contributed by atoms with Crippen molar-refractivity contribution in [1.82, 2.24) is 5.32 Å². The molecule has 0 spiro atoms. The van der Waals surface area contributed by atoms with Crippen molar-refractivity contribution in [2.45, 2.75) is 70.5 Å². The van der Waals surface area contributed by atoms with Crippen LogP contribution in [0.2, 0.25) is 0 Å². The summed E-state index contributed by atoms with van der Waals surface area (Å²) in [4.78, 5) is 12.2. The van der Waals surface area contributed by atoms with E-state index >= 15 is 0 Å². The van der Waals surface area contributed by atoms with E-state index in [1.807, 2.05) is 18.2 Å². The first-order valence-electron chi connectivity index (χ1n) is 10.0. The molecule has 0 bridgehead atoms. The van der Waals surface area contributed by atoms with Crippen molar-refractivity contribution in [3.8, 4) is 0 Å². The third kappa shape index (κ3) is 6.44. The molecule has 25 heavy (non-hydrogen) atoms. The highest BCUT2D eigenvalue weighted by Gasteiger charge is 2.15. The number of carbonyl (C=O) groups excluding carboxylic acids is 1. The highest BCUT2D eigenvalue weighted by molar-refractivity contribution is 5.90. The maximum Gasteiger partial charge on any atom is 0.224 e. The van der Waals surface area contributed by atoms with Crippen molar-refractivity contribution < 1.29 is 9.53 Å². The van der Waals surface area contributed by atoms with Gasteiger partial charge < -0.3 is 15.4 Å². The van der Waals surface area contributed by atoms with Gasteiger partial charge in [-0.1, -0.05) is 31.4 Å². The molecule has 0 aromatic heterocycles. The van der Waals surface area contributed by atoms with E-state index in [1.54, 1.807) is 0 Å². The van der Waals surface area contributed by atoms with Gasteiger partial charge in [-0.3, -0.25) is 4.79 Å². The minimum absolute atomic E-state index is 0.129. The minimum atomic E-state index is 0.129. The van der Waals surface area contributed by atoms with Gasteiger partial charge in [-0.05, 0) is 68.8 Å². The summed E-state index contributed by atoms with van der Waals surface area (Å²) in [7, 11) is 0. The summed E-state index contributed by atoms with van der Waals surface area (Å²) in [5.74, 6) is 0.825. The van der Waals surface area contributed by atoms with Gasteiger partial charge in [-0.25, -0.2) is 0 Å². The quantitative estimate of drug-likeness (QED) is 0.777. The molecular formula is C21H32N2O2. The average molecular weight is 344 g/mol. The van der Waals surface area contributed by atoms with Crippen LogP contribution in [0.1, 0.15) is 63.4 Å². The number of hydrogen-bond acceptors (Lipinski definition) is 3. The van der Waals surface area contributed by atoms with E-state index < -0.39 is 0 Å². The predicted molar refractivity (Wildman–Crippen MR) is 102 cm³/mol. The van der Waals surface area contributed by atoms with Crippen molar-refractivity contribution in [1.29, 1.82) is 0 Å². The van der Waals surface area contributed by atoms with Crippen LogP contribution in [-0.2, 0) is 16.1 Å². The Kier molecular flexibility index (Phi) is 7.31. The summed E-state index contributed by atoms with van der Waals surface area (Å²) >= 11 is 0. The molecule has 1 amide bonds. The lowest BCUT2D eigenvalue weighted by molar-refractivity contribution is -0.116. The lowest BCUT2D eigenvalue weighted by Gasteiger charge is -2.22. The van der Waals surface area contributed by atoms with Gasteiger partial charge in [0.25, 0.3) is 0 Å². The number of hydrogen-bond donors (Lipinski definition) is 2. The fourth-order valence-electron chi connectivity index (χ4n) is 3.91. The SMILES string of the molecule is O=C(CCC1CCNCC1)Nc1cccc(COC2CCCCC2)c1. The zero-order valence-corrected chi connectivity index (χ0v) is 15.3. The number of nitrogens with one attached hydrogen (secondary N) is 2. The summed E-state index contributed by atoms with van der Waals surface area (Å²) in [5, 5.41) is 6.42. The first kappa shape index (κ1) is 18.4. The molecule has 0 unspecified atom stereocenters. The van der Waals surface area contributed by atoms with Crippen molar-refractivity contribution in [3.63, 3.8) is 0 Å². The van der Waals surface area contributed by atoms with Gasteiger partial charge in [-0.2, -0.15) is 0 Å². The Hall–Kier alpha value is -1.39. The Bertz CT molecular complexity index is 534. The molecule has 1 heterocycles. The van der Waals surface area contributed by atoms with E-state index in [2.05, 4.69) is 16.7 Å². The minimum Gasteiger partial charge on any atom is -0.374 e. The highest BCUT2D eigenvalue weighted by Crippen LogP contribution is 2.22. The van der Waals surface area contributed by atoms with E-state index in [0.717, 1.165) is 30.8 Å². The van der Waals surface area contributed by atoms with Crippen LogP contribution in [0.4, 0.5) is 5.69 Å². The fourth-order valence-corrected chi connectivity index (χ4v) is 3.91. The molecule has 4 heteroatoms. The monoisotopic (exact) mass is 344 g/mol. The first-order chi connectivity index (χ1) is 12.3. The molecular weight excluding hydrogens is 312 g/mol. The highest BCUT2D eigenvalue weighted by atomic mass is 16.5. The van der Waals surface area contributed by atoms with Crippen LogP contribution in [0.15, 0.2) is 24.3 Å². The zero-order valence-electron chi connectivity index (χ0n) is 15.3. The summed E-state index contributed by atoms with van der Waals surface area (Å²) in [6.07, 6.45) is 10.7. The summed E-state index contributed by atoms with van der Waals surface area (Å²) in [6, 6.07) is 8.09. The number of anilines is 1. The van der Waals surface area contributed by atoms with Gasteiger partial charge in [0.1, 0.15) is 0 Å². The van der Waals surface area contributed by atoms with Gasteiger partial charge in [0.05, 0.1) is 12.7 Å². The smallest absolute Gasteiger partial charge is 0.224 e. The number of carbonyl (C=O) groups is 1. The molecule has 1 saturated carbocycles. The van der Waals surface area contributed by atoms with Gasteiger partial charge in [0.15, 0.2) is 0 Å². The van der Waals surface area contributed by atoms with Gasteiger partial charge >= 0.3 is 0 Å². The van der Waals surface area contributed by atoms with Crippen LogP contribution in [0.5, 0.6) is 0 Å². The second-order valence-corrected chi connectivity index (χ2v) is 7.55. The molecule has 1 saturated heterocycles. The lowest BCUT2D eigenvalue weighted by Crippen LogP contribution is -2.28. The third-order valence-electron chi connectivity index (χ3n) is 5.49. The van der Waals surface area contributed by atoms with Crippen LogP contribution in [-0.4, -0.2) is 25.1 Å².